The van der Waals surface area contributed by atoms with Crippen molar-refractivity contribution >= 4 is 5.78 Å². The zero-order valence-electron chi connectivity index (χ0n) is 10.5. The molecule has 1 aromatic rings. The monoisotopic (exact) mass is 242 g/mol. The smallest absolute Gasteiger partial charge is 0.136 e. The fraction of sp³-hybridized carbons (Fsp3) is 0.562. The van der Waals surface area contributed by atoms with Crippen LogP contribution in [0, 0.1) is 23.7 Å². The lowest BCUT2D eigenvalue weighted by molar-refractivity contribution is -0.146. The molecule has 94 valence electrons. The predicted molar refractivity (Wildman–Crippen MR) is 68.0 cm³/mol. The molecule has 2 nitrogen and oxygen atoms in total. The molecule has 4 saturated carbocycles. The number of carbonyl (C=O) groups excluding carboxylic acids is 1. The van der Waals surface area contributed by atoms with Crippen molar-refractivity contribution in [2.45, 2.75) is 31.3 Å². The summed E-state index contributed by atoms with van der Waals surface area (Å²) in [5.74, 6) is 1.85. The molecule has 0 amide bonds. The third-order valence-electron chi connectivity index (χ3n) is 5.71. The van der Waals surface area contributed by atoms with Gasteiger partial charge < -0.3 is 5.11 Å². The highest BCUT2D eigenvalue weighted by atomic mass is 16.3. The average Bonchev–Trinajstić information content (AvgIpc) is 2.38. The molecule has 0 heterocycles. The Kier molecular flexibility index (Phi) is 1.93. The van der Waals surface area contributed by atoms with Crippen molar-refractivity contribution in [3.05, 3.63) is 35.9 Å². The highest BCUT2D eigenvalue weighted by Crippen LogP contribution is 2.68. The van der Waals surface area contributed by atoms with Gasteiger partial charge in [-0.25, -0.2) is 0 Å². The van der Waals surface area contributed by atoms with Gasteiger partial charge in [0.05, 0.1) is 5.60 Å². The van der Waals surface area contributed by atoms with Gasteiger partial charge in [0.2, 0.25) is 0 Å². The Balaban J connectivity index is 1.82. The van der Waals surface area contributed by atoms with Crippen molar-refractivity contribution in [1.82, 2.24) is 0 Å². The number of rotatable bonds is 1. The van der Waals surface area contributed by atoms with Crippen molar-refractivity contribution < 1.29 is 9.90 Å². The normalized spacial score (nSPS) is 49.0. The molecule has 0 radical (unpaired) electrons. The second-order valence-electron chi connectivity index (χ2n) is 6.48. The fourth-order valence-electron chi connectivity index (χ4n) is 5.09. The summed E-state index contributed by atoms with van der Waals surface area (Å²) >= 11 is 0. The van der Waals surface area contributed by atoms with Gasteiger partial charge in [0, 0.05) is 24.2 Å². The molecular formula is C16H18O2. The number of hydrogen-bond acceptors (Lipinski definition) is 2. The van der Waals surface area contributed by atoms with E-state index in [9.17, 15) is 9.90 Å². The van der Waals surface area contributed by atoms with E-state index < -0.39 is 5.60 Å². The van der Waals surface area contributed by atoms with Gasteiger partial charge in [0.25, 0.3) is 0 Å². The number of carbonyl (C=O) groups is 1. The zero-order valence-corrected chi connectivity index (χ0v) is 10.5. The van der Waals surface area contributed by atoms with Crippen LogP contribution in [0.3, 0.4) is 0 Å². The number of benzene rings is 1. The summed E-state index contributed by atoms with van der Waals surface area (Å²) in [4.78, 5) is 12.0. The Hall–Kier alpha value is -1.15. The first-order chi connectivity index (χ1) is 8.60. The summed E-state index contributed by atoms with van der Waals surface area (Å²) in [6.45, 7) is 1.95. The van der Waals surface area contributed by atoms with Crippen LogP contribution in [0.5, 0.6) is 0 Å². The molecule has 1 aromatic carbocycles. The summed E-state index contributed by atoms with van der Waals surface area (Å²) in [6.07, 6.45) is 1.70. The average molecular weight is 242 g/mol. The summed E-state index contributed by atoms with van der Waals surface area (Å²) < 4.78 is 0. The third-order valence-corrected chi connectivity index (χ3v) is 5.71. The van der Waals surface area contributed by atoms with Crippen LogP contribution in [0.4, 0.5) is 0 Å². The summed E-state index contributed by atoms with van der Waals surface area (Å²) in [7, 11) is 0. The highest BCUT2D eigenvalue weighted by molar-refractivity contribution is 5.85. The van der Waals surface area contributed by atoms with Gasteiger partial charge in [-0.3, -0.25) is 4.79 Å². The van der Waals surface area contributed by atoms with E-state index in [0.717, 1.165) is 6.42 Å². The molecule has 6 unspecified atom stereocenters. The third kappa shape index (κ3) is 1.10. The molecule has 6 atom stereocenters. The first-order valence-electron chi connectivity index (χ1n) is 6.90. The molecule has 0 saturated heterocycles. The van der Waals surface area contributed by atoms with E-state index in [4.69, 9.17) is 0 Å². The Bertz CT molecular complexity index is 505. The van der Waals surface area contributed by atoms with E-state index in [2.05, 4.69) is 12.1 Å². The summed E-state index contributed by atoms with van der Waals surface area (Å²) in [5.41, 5.74) is 0.501. The zero-order chi connectivity index (χ0) is 12.5. The van der Waals surface area contributed by atoms with Gasteiger partial charge in [0.1, 0.15) is 5.78 Å². The lowest BCUT2D eigenvalue weighted by Crippen LogP contribution is -2.52. The van der Waals surface area contributed by atoms with Crippen molar-refractivity contribution in [2.75, 3.05) is 0 Å². The quantitative estimate of drug-likeness (QED) is 0.821. The molecule has 0 aromatic heterocycles. The van der Waals surface area contributed by atoms with E-state index in [1.165, 1.54) is 5.56 Å². The molecule has 0 aliphatic heterocycles. The van der Waals surface area contributed by atoms with Crippen LogP contribution in [-0.2, 0) is 4.79 Å². The molecular weight excluding hydrogens is 224 g/mol. The second kappa shape index (κ2) is 3.24. The van der Waals surface area contributed by atoms with Gasteiger partial charge in [-0.15, -0.1) is 0 Å². The molecule has 5 rings (SSSR count). The SMILES string of the molecule is CC1(O)C(c2ccccc2)C2CC(=O)C3CC2C31. The lowest BCUT2D eigenvalue weighted by atomic mass is 9.55. The minimum Gasteiger partial charge on any atom is -0.389 e. The van der Waals surface area contributed by atoms with Crippen LogP contribution in [-0.4, -0.2) is 16.5 Å². The predicted octanol–water partition coefficient (Wildman–Crippen LogP) is 2.38. The van der Waals surface area contributed by atoms with E-state index in [-0.39, 0.29) is 17.8 Å². The van der Waals surface area contributed by atoms with Crippen molar-refractivity contribution in [3.63, 3.8) is 0 Å². The van der Waals surface area contributed by atoms with Crippen molar-refractivity contribution in [3.8, 4) is 0 Å². The van der Waals surface area contributed by atoms with Gasteiger partial charge in [-0.2, -0.15) is 0 Å². The maximum absolute atomic E-state index is 12.0. The van der Waals surface area contributed by atoms with Crippen LogP contribution in [0.1, 0.15) is 31.2 Å². The van der Waals surface area contributed by atoms with Gasteiger partial charge >= 0.3 is 0 Å². The van der Waals surface area contributed by atoms with Gasteiger partial charge in [0.15, 0.2) is 0 Å². The maximum Gasteiger partial charge on any atom is 0.136 e. The Morgan fingerprint density at radius 1 is 1.22 bits per heavy atom. The highest BCUT2D eigenvalue weighted by Gasteiger charge is 2.69. The van der Waals surface area contributed by atoms with Gasteiger partial charge in [-0.1, -0.05) is 30.3 Å². The van der Waals surface area contributed by atoms with Gasteiger partial charge in [-0.05, 0) is 30.7 Å². The first kappa shape index (κ1) is 10.7. The minimum atomic E-state index is -0.703. The molecule has 4 aliphatic rings. The van der Waals surface area contributed by atoms with Crippen molar-refractivity contribution in [2.24, 2.45) is 23.7 Å². The maximum atomic E-state index is 12.0. The Morgan fingerprint density at radius 2 is 1.94 bits per heavy atom. The van der Waals surface area contributed by atoms with Crippen LogP contribution in [0.2, 0.25) is 0 Å². The lowest BCUT2D eigenvalue weighted by Gasteiger charge is -2.49. The van der Waals surface area contributed by atoms with Crippen molar-refractivity contribution in [1.29, 1.82) is 0 Å². The van der Waals surface area contributed by atoms with Crippen LogP contribution in [0.15, 0.2) is 30.3 Å². The number of Topliss-reactive ketones (excluding diaryl/α,β-unsaturated/α-hetero) is 1. The molecule has 0 spiro atoms. The summed E-state index contributed by atoms with van der Waals surface area (Å²) in [5, 5.41) is 10.9. The minimum absolute atomic E-state index is 0.144. The Morgan fingerprint density at radius 3 is 2.61 bits per heavy atom. The second-order valence-corrected chi connectivity index (χ2v) is 6.48. The largest absolute Gasteiger partial charge is 0.389 e. The van der Waals surface area contributed by atoms with E-state index in [0.29, 0.717) is 24.0 Å². The molecule has 4 aliphatic carbocycles. The standard InChI is InChI=1S/C16H18O2/c1-16(18)14(9-5-3-2-4-6-9)11-8-13(17)12-7-10(11)15(12)16/h2-6,10-12,14-15,18H,7-8H2,1H3. The van der Waals surface area contributed by atoms with Crippen LogP contribution < -0.4 is 0 Å². The topological polar surface area (TPSA) is 37.3 Å². The molecule has 18 heavy (non-hydrogen) atoms. The van der Waals surface area contributed by atoms with Crippen LogP contribution in [0.25, 0.3) is 0 Å². The first-order valence-corrected chi connectivity index (χ1v) is 6.90. The van der Waals surface area contributed by atoms with E-state index >= 15 is 0 Å². The number of hydrogen-bond donors (Lipinski definition) is 1. The van der Waals surface area contributed by atoms with Crippen LogP contribution >= 0.6 is 0 Å². The Labute approximate surface area is 107 Å². The molecule has 1 N–H and O–H groups in total. The van der Waals surface area contributed by atoms with E-state index in [1.807, 2.05) is 25.1 Å². The molecule has 4 bridgehead atoms. The summed E-state index contributed by atoms with van der Waals surface area (Å²) in [6, 6.07) is 10.3. The van der Waals surface area contributed by atoms with E-state index in [1.54, 1.807) is 0 Å². The molecule has 4 fully saturated rings. The molecule has 2 heteroatoms. The number of aliphatic hydroxyl groups is 1. The number of ketones is 1. The number of fused-ring (bicyclic) bond motifs is 1. The fourth-order valence-corrected chi connectivity index (χ4v) is 5.09.